The van der Waals surface area contributed by atoms with Crippen LogP contribution in [-0.2, 0) is 42.9 Å². The molecule has 0 spiro atoms. The molecule has 0 radical (unpaired) electrons. The molecule has 0 aromatic heterocycles. The summed E-state index contributed by atoms with van der Waals surface area (Å²) in [5.74, 6) is -2.08. The Kier molecular flexibility index (Phi) is 12.9. The quantitative estimate of drug-likeness (QED) is 0.301. The van der Waals surface area contributed by atoms with Gasteiger partial charge in [0.1, 0.15) is 6.10 Å². The van der Waals surface area contributed by atoms with Gasteiger partial charge in [-0.15, -0.1) is 0 Å². The Balaban J connectivity index is 3.32. The number of carbonyl (C=O) groups is 4. The maximum Gasteiger partial charge on any atom is 0.308 e. The van der Waals surface area contributed by atoms with Crippen LogP contribution in [-0.4, -0.2) is 54.6 Å². The standard InChI is InChI=1S/C23H38O9/c1-6-11-16(24)29-20-15(10-5)28-23(32-19(27)14-9-4)22(31-18(26)13-8-3)21(20)30-17(25)12-7-2/h15,20-23H,6-14H2,1-5H3/t15-,20-,21+,22+,23-/m0/s1. The fourth-order valence-electron chi connectivity index (χ4n) is 3.34. The Morgan fingerprint density at radius 1 is 0.562 bits per heavy atom. The molecule has 5 atom stereocenters. The summed E-state index contributed by atoms with van der Waals surface area (Å²) in [6.07, 6.45) is -2.18. The summed E-state index contributed by atoms with van der Waals surface area (Å²) in [6, 6.07) is 0. The van der Waals surface area contributed by atoms with Crippen molar-refractivity contribution in [2.24, 2.45) is 0 Å². The molecule has 1 aliphatic heterocycles. The predicted octanol–water partition coefficient (Wildman–Crippen LogP) is 3.60. The monoisotopic (exact) mass is 458 g/mol. The second-order valence-electron chi connectivity index (χ2n) is 7.80. The molecule has 184 valence electrons. The van der Waals surface area contributed by atoms with E-state index in [9.17, 15) is 19.2 Å². The van der Waals surface area contributed by atoms with Crippen LogP contribution in [0.5, 0.6) is 0 Å². The lowest BCUT2D eigenvalue weighted by atomic mass is 9.96. The lowest BCUT2D eigenvalue weighted by Gasteiger charge is -2.44. The van der Waals surface area contributed by atoms with Crippen LogP contribution in [0, 0.1) is 0 Å². The molecule has 1 aliphatic rings. The first-order valence-electron chi connectivity index (χ1n) is 11.7. The van der Waals surface area contributed by atoms with Crippen LogP contribution in [0.25, 0.3) is 0 Å². The van der Waals surface area contributed by atoms with Crippen molar-refractivity contribution in [1.29, 1.82) is 0 Å². The molecule has 9 heteroatoms. The minimum atomic E-state index is -1.28. The van der Waals surface area contributed by atoms with Crippen LogP contribution in [0.4, 0.5) is 0 Å². The van der Waals surface area contributed by atoms with E-state index in [0.717, 1.165) is 0 Å². The summed E-state index contributed by atoms with van der Waals surface area (Å²) in [5, 5.41) is 0. The fraction of sp³-hybridized carbons (Fsp3) is 0.826. The van der Waals surface area contributed by atoms with Gasteiger partial charge in [0, 0.05) is 25.7 Å². The summed E-state index contributed by atoms with van der Waals surface area (Å²) < 4.78 is 28.2. The van der Waals surface area contributed by atoms with E-state index in [1.165, 1.54) is 0 Å². The first-order valence-corrected chi connectivity index (χ1v) is 11.7. The zero-order valence-electron chi connectivity index (χ0n) is 19.9. The van der Waals surface area contributed by atoms with E-state index < -0.39 is 54.6 Å². The van der Waals surface area contributed by atoms with Gasteiger partial charge in [-0.3, -0.25) is 19.2 Å². The van der Waals surface area contributed by atoms with E-state index in [4.69, 9.17) is 23.7 Å². The van der Waals surface area contributed by atoms with Crippen molar-refractivity contribution in [3.63, 3.8) is 0 Å². The average molecular weight is 459 g/mol. The molecular formula is C23H38O9. The van der Waals surface area contributed by atoms with Crippen LogP contribution in [0.1, 0.15) is 92.4 Å². The van der Waals surface area contributed by atoms with Gasteiger partial charge in [-0.1, -0.05) is 34.6 Å². The summed E-state index contributed by atoms with van der Waals surface area (Å²) in [7, 11) is 0. The van der Waals surface area contributed by atoms with Crippen molar-refractivity contribution >= 4 is 23.9 Å². The van der Waals surface area contributed by atoms with Gasteiger partial charge >= 0.3 is 23.9 Å². The smallest absolute Gasteiger partial charge is 0.308 e. The normalized spacial score (nSPS) is 25.0. The van der Waals surface area contributed by atoms with Crippen molar-refractivity contribution in [2.75, 3.05) is 0 Å². The predicted molar refractivity (Wildman–Crippen MR) is 114 cm³/mol. The molecule has 1 saturated heterocycles. The molecule has 0 amide bonds. The molecule has 32 heavy (non-hydrogen) atoms. The number of carbonyl (C=O) groups excluding carboxylic acids is 4. The van der Waals surface area contributed by atoms with E-state index in [1.54, 1.807) is 0 Å². The van der Waals surface area contributed by atoms with Crippen LogP contribution >= 0.6 is 0 Å². The zero-order chi connectivity index (χ0) is 24.1. The van der Waals surface area contributed by atoms with Crippen LogP contribution in [0.3, 0.4) is 0 Å². The van der Waals surface area contributed by atoms with Gasteiger partial charge in [-0.05, 0) is 32.1 Å². The van der Waals surface area contributed by atoms with E-state index >= 15 is 0 Å². The molecule has 0 aromatic carbocycles. The lowest BCUT2D eigenvalue weighted by Crippen LogP contribution is -2.62. The summed E-state index contributed by atoms with van der Waals surface area (Å²) >= 11 is 0. The maximum absolute atomic E-state index is 12.4. The molecule has 0 bridgehead atoms. The number of hydrogen-bond donors (Lipinski definition) is 0. The first-order chi connectivity index (χ1) is 15.3. The minimum Gasteiger partial charge on any atom is -0.455 e. The number of ether oxygens (including phenoxy) is 5. The number of hydrogen-bond acceptors (Lipinski definition) is 9. The highest BCUT2D eigenvalue weighted by Gasteiger charge is 2.53. The second kappa shape index (κ2) is 14.8. The van der Waals surface area contributed by atoms with Gasteiger partial charge in [0.2, 0.25) is 12.4 Å². The van der Waals surface area contributed by atoms with Crippen molar-refractivity contribution in [3.8, 4) is 0 Å². The number of rotatable bonds is 13. The third-order valence-electron chi connectivity index (χ3n) is 4.86. The molecule has 0 unspecified atom stereocenters. The third kappa shape index (κ3) is 8.76. The summed E-state index contributed by atoms with van der Waals surface area (Å²) in [6.45, 7) is 9.12. The molecule has 0 N–H and O–H groups in total. The SMILES string of the molecule is CCCC(=O)O[C@@H]1O[C@@H](CC)[C@H](OC(=O)CCC)[C@@H](OC(=O)CCC)[C@H]1OC(=O)CCC. The second-order valence-corrected chi connectivity index (χ2v) is 7.80. The van der Waals surface area contributed by atoms with Crippen LogP contribution < -0.4 is 0 Å². The largest absolute Gasteiger partial charge is 0.455 e. The Morgan fingerprint density at radius 3 is 1.34 bits per heavy atom. The molecule has 0 saturated carbocycles. The average Bonchev–Trinajstić information content (AvgIpc) is 2.72. The fourth-order valence-corrected chi connectivity index (χ4v) is 3.34. The molecule has 0 aromatic rings. The highest BCUT2D eigenvalue weighted by atomic mass is 16.7. The first kappa shape index (κ1) is 27.9. The molecule has 0 aliphatic carbocycles. The zero-order valence-corrected chi connectivity index (χ0v) is 19.9. The van der Waals surface area contributed by atoms with Gasteiger partial charge in [-0.2, -0.15) is 0 Å². The van der Waals surface area contributed by atoms with Gasteiger partial charge in [-0.25, -0.2) is 0 Å². The maximum atomic E-state index is 12.4. The Morgan fingerprint density at radius 2 is 0.938 bits per heavy atom. The van der Waals surface area contributed by atoms with Crippen molar-refractivity contribution < 1.29 is 42.9 Å². The Bertz CT molecular complexity index is 619. The third-order valence-corrected chi connectivity index (χ3v) is 4.86. The van der Waals surface area contributed by atoms with Gasteiger partial charge in [0.05, 0.1) is 0 Å². The van der Waals surface area contributed by atoms with Crippen molar-refractivity contribution in [1.82, 2.24) is 0 Å². The van der Waals surface area contributed by atoms with E-state index in [1.807, 2.05) is 34.6 Å². The Labute approximate surface area is 190 Å². The van der Waals surface area contributed by atoms with Crippen molar-refractivity contribution in [3.05, 3.63) is 0 Å². The van der Waals surface area contributed by atoms with Gasteiger partial charge in [0.25, 0.3) is 0 Å². The molecule has 1 fully saturated rings. The van der Waals surface area contributed by atoms with Crippen molar-refractivity contribution in [2.45, 2.75) is 123 Å². The highest BCUT2D eigenvalue weighted by molar-refractivity contribution is 5.72. The summed E-state index contributed by atoms with van der Waals surface area (Å²) in [5.41, 5.74) is 0. The van der Waals surface area contributed by atoms with E-state index in [2.05, 4.69) is 0 Å². The summed E-state index contributed by atoms with van der Waals surface area (Å²) in [4.78, 5) is 49.2. The molecule has 1 heterocycles. The van der Waals surface area contributed by atoms with E-state index in [-0.39, 0.29) is 25.7 Å². The lowest BCUT2D eigenvalue weighted by molar-refractivity contribution is -0.297. The molecular weight excluding hydrogens is 420 g/mol. The molecule has 1 rings (SSSR count). The Hall–Kier alpha value is -2.16. The van der Waals surface area contributed by atoms with Crippen LogP contribution in [0.2, 0.25) is 0 Å². The van der Waals surface area contributed by atoms with E-state index in [0.29, 0.717) is 32.1 Å². The topological polar surface area (TPSA) is 114 Å². The van der Waals surface area contributed by atoms with Crippen LogP contribution in [0.15, 0.2) is 0 Å². The highest BCUT2D eigenvalue weighted by Crippen LogP contribution is 2.32. The minimum absolute atomic E-state index is 0.124. The van der Waals surface area contributed by atoms with Gasteiger partial charge in [0.15, 0.2) is 12.2 Å². The molecule has 9 nitrogen and oxygen atoms in total. The van der Waals surface area contributed by atoms with Gasteiger partial charge < -0.3 is 23.7 Å². The number of esters is 4.